The van der Waals surface area contributed by atoms with Gasteiger partial charge in [-0.1, -0.05) is 35.9 Å². The lowest BCUT2D eigenvalue weighted by molar-refractivity contribution is -0.125. The summed E-state index contributed by atoms with van der Waals surface area (Å²) in [6, 6.07) is 9.20. The highest BCUT2D eigenvalue weighted by Crippen LogP contribution is 2.66. The lowest BCUT2D eigenvalue weighted by Gasteiger charge is -2.54. The third kappa shape index (κ3) is 4.18. The van der Waals surface area contributed by atoms with Crippen molar-refractivity contribution >= 4 is 11.5 Å². The zero-order chi connectivity index (χ0) is 26.4. The summed E-state index contributed by atoms with van der Waals surface area (Å²) in [5.74, 6) is 8.73. The van der Waals surface area contributed by atoms with Crippen molar-refractivity contribution in [2.45, 2.75) is 90.5 Å². The maximum Gasteiger partial charge on any atom is 0.133 e. The third-order valence-electron chi connectivity index (χ3n) is 11.0. The first-order valence-electron chi connectivity index (χ1n) is 15.0. The number of rotatable bonds is 5. The number of hydrogen-bond acceptors (Lipinski definition) is 4. The Morgan fingerprint density at radius 2 is 1.89 bits per heavy atom. The first kappa shape index (κ1) is 25.6. The molecule has 7 atom stereocenters. The Bertz CT molecular complexity index is 1230. The number of carbonyl (C=O) groups excluding carboxylic acids is 1. The van der Waals surface area contributed by atoms with Gasteiger partial charge in [-0.15, -0.1) is 11.8 Å². The molecule has 4 nitrogen and oxygen atoms in total. The third-order valence-corrected chi connectivity index (χ3v) is 11.0. The fourth-order valence-corrected chi connectivity index (χ4v) is 9.28. The number of allylic oxidation sites excluding steroid dienone is 3. The highest BCUT2D eigenvalue weighted by atomic mass is 16.3. The molecule has 0 amide bonds. The van der Waals surface area contributed by atoms with Gasteiger partial charge >= 0.3 is 0 Å². The van der Waals surface area contributed by atoms with E-state index in [1.807, 2.05) is 13.8 Å². The summed E-state index contributed by atoms with van der Waals surface area (Å²) in [4.78, 5) is 27.0. The van der Waals surface area contributed by atoms with Crippen LogP contribution in [0.15, 0.2) is 52.2 Å². The second kappa shape index (κ2) is 10.1. The molecule has 1 heterocycles. The molecule has 5 aliphatic rings. The van der Waals surface area contributed by atoms with Crippen molar-refractivity contribution in [2.75, 3.05) is 18.0 Å². The van der Waals surface area contributed by atoms with E-state index in [0.717, 1.165) is 58.0 Å². The minimum Gasteiger partial charge on any atom is -0.372 e. The molecule has 4 aliphatic carbocycles. The van der Waals surface area contributed by atoms with Gasteiger partial charge in [0.2, 0.25) is 0 Å². The van der Waals surface area contributed by atoms with E-state index in [1.165, 1.54) is 35.2 Å². The zero-order valence-electron chi connectivity index (χ0n) is 23.3. The molecule has 0 N–H and O–H groups in total. The Morgan fingerprint density at radius 3 is 2.58 bits per heavy atom. The highest BCUT2D eigenvalue weighted by Gasteiger charge is 2.58. The van der Waals surface area contributed by atoms with E-state index >= 15 is 0 Å². The summed E-state index contributed by atoms with van der Waals surface area (Å²) in [6.45, 7) is 8.49. The number of fused-ring (bicyclic) bond motifs is 4. The lowest BCUT2D eigenvalue weighted by Crippen LogP contribution is -2.45. The van der Waals surface area contributed by atoms with Gasteiger partial charge in [0.25, 0.3) is 0 Å². The number of nitrogens with zero attached hydrogens (tertiary/aromatic N) is 2. The summed E-state index contributed by atoms with van der Waals surface area (Å²) < 4.78 is 0. The average Bonchev–Trinajstić information content (AvgIpc) is 3.59. The maximum atomic E-state index is 12.9. The molecule has 0 bridgehead atoms. The van der Waals surface area contributed by atoms with Gasteiger partial charge in [0.1, 0.15) is 11.8 Å². The largest absolute Gasteiger partial charge is 0.372 e. The molecular formula is C34H42N2O2. The van der Waals surface area contributed by atoms with E-state index in [-0.39, 0.29) is 17.4 Å². The van der Waals surface area contributed by atoms with Gasteiger partial charge in [-0.25, -0.2) is 0 Å². The molecule has 1 aromatic carbocycles. The number of ketones is 1. The van der Waals surface area contributed by atoms with Crippen LogP contribution in [0.2, 0.25) is 0 Å². The topological polar surface area (TPSA) is 49.7 Å². The van der Waals surface area contributed by atoms with Gasteiger partial charge in [0, 0.05) is 37.0 Å². The molecule has 0 radical (unpaired) electrons. The van der Waals surface area contributed by atoms with Crippen molar-refractivity contribution in [2.24, 2.45) is 34.3 Å². The second-order valence-electron chi connectivity index (χ2n) is 12.8. The predicted molar refractivity (Wildman–Crippen MR) is 154 cm³/mol. The summed E-state index contributed by atoms with van der Waals surface area (Å²) in [6.07, 6.45) is 11.6. The smallest absolute Gasteiger partial charge is 0.133 e. The van der Waals surface area contributed by atoms with Gasteiger partial charge in [0.15, 0.2) is 0 Å². The standard InChI is InChI=1S/C34H42N2O2/c1-4-5-8-24-19-29-32-16-15-31(22(2)37)34(32,3)21-30(33(29)27-14-11-25(35-38)20-28(24)27)23-9-12-26(13-10-23)36-17-6-7-18-36/h9-10,12-13,20,24-25,29-32H,6-8,11,14-19,21H2,1-3H3/t24?,25?,29-,30+,31+,32-,34+/m0/s1. The Hall–Kier alpha value is -2.67. The molecule has 0 aromatic heterocycles. The molecular weight excluding hydrogens is 468 g/mol. The van der Waals surface area contributed by atoms with E-state index in [4.69, 9.17) is 0 Å². The molecule has 3 fully saturated rings. The summed E-state index contributed by atoms with van der Waals surface area (Å²) in [7, 11) is 0. The molecule has 6 rings (SSSR count). The predicted octanol–water partition coefficient (Wildman–Crippen LogP) is 7.60. The molecule has 4 heteroatoms. The van der Waals surface area contributed by atoms with E-state index < -0.39 is 0 Å². The van der Waals surface area contributed by atoms with Crippen molar-refractivity contribution in [3.8, 4) is 11.8 Å². The minimum atomic E-state index is -0.219. The fraction of sp³-hybridized carbons (Fsp3) is 0.618. The van der Waals surface area contributed by atoms with Crippen LogP contribution in [0.5, 0.6) is 0 Å². The Balaban J connectivity index is 1.47. The Labute approximate surface area is 228 Å². The molecule has 1 aromatic rings. The highest BCUT2D eigenvalue weighted by molar-refractivity contribution is 5.79. The summed E-state index contributed by atoms with van der Waals surface area (Å²) in [5.41, 5.74) is 7.26. The maximum absolute atomic E-state index is 12.9. The van der Waals surface area contributed by atoms with Crippen molar-refractivity contribution in [3.63, 3.8) is 0 Å². The van der Waals surface area contributed by atoms with Crippen LogP contribution >= 0.6 is 0 Å². The molecule has 1 aliphatic heterocycles. The van der Waals surface area contributed by atoms with E-state index in [2.05, 4.69) is 59.2 Å². The fourth-order valence-electron chi connectivity index (χ4n) is 9.28. The zero-order valence-corrected chi connectivity index (χ0v) is 23.3. The van der Waals surface area contributed by atoms with Crippen LogP contribution in [-0.4, -0.2) is 24.9 Å². The van der Waals surface area contributed by atoms with Crippen LogP contribution in [0.3, 0.4) is 0 Å². The van der Waals surface area contributed by atoms with Crippen molar-refractivity contribution < 1.29 is 4.79 Å². The van der Waals surface area contributed by atoms with E-state index in [9.17, 15) is 9.70 Å². The normalized spacial score (nSPS) is 36.0. The number of carbonyl (C=O) groups is 1. The van der Waals surface area contributed by atoms with Gasteiger partial charge in [0.05, 0.1) is 0 Å². The van der Waals surface area contributed by atoms with Gasteiger partial charge in [-0.05, 0) is 117 Å². The van der Waals surface area contributed by atoms with E-state index in [1.54, 1.807) is 5.57 Å². The first-order valence-corrected chi connectivity index (χ1v) is 15.0. The molecule has 200 valence electrons. The van der Waals surface area contributed by atoms with Crippen LogP contribution < -0.4 is 4.90 Å². The lowest BCUT2D eigenvalue weighted by atomic mass is 9.50. The van der Waals surface area contributed by atoms with Gasteiger partial charge in [-0.2, -0.15) is 4.91 Å². The minimum absolute atomic E-state index is 0.0304. The van der Waals surface area contributed by atoms with Crippen LogP contribution in [0.4, 0.5) is 5.69 Å². The van der Waals surface area contributed by atoms with Gasteiger partial charge in [-0.3, -0.25) is 4.79 Å². The number of Topliss-reactive ketones (excluding diaryl/α,β-unsaturated/α-hetero) is 1. The van der Waals surface area contributed by atoms with Crippen LogP contribution in [-0.2, 0) is 4.79 Å². The SMILES string of the molecule is CC#CCC1C[C@@H]2C(=C3CCC(N=O)C=C31)[C@@H](c1ccc(N3CCCC3)cc1)C[C@]1(C)[C@@H](C(C)=O)CC[C@@H]21. The number of hydrogen-bond donors (Lipinski definition) is 0. The first-order chi connectivity index (χ1) is 18.4. The molecule has 2 saturated carbocycles. The summed E-state index contributed by atoms with van der Waals surface area (Å²) in [5, 5.41) is 3.45. The monoisotopic (exact) mass is 510 g/mol. The number of benzene rings is 1. The molecule has 0 spiro atoms. The molecule has 38 heavy (non-hydrogen) atoms. The van der Waals surface area contributed by atoms with Gasteiger partial charge < -0.3 is 4.90 Å². The number of anilines is 1. The Morgan fingerprint density at radius 1 is 1.13 bits per heavy atom. The second-order valence-corrected chi connectivity index (χ2v) is 12.8. The quantitative estimate of drug-likeness (QED) is 0.303. The van der Waals surface area contributed by atoms with Crippen LogP contribution in [0.1, 0.15) is 90.0 Å². The number of nitroso groups, excluding NO2 is 1. The molecule has 1 saturated heterocycles. The van der Waals surface area contributed by atoms with Crippen LogP contribution in [0, 0.1) is 45.8 Å². The average molecular weight is 511 g/mol. The van der Waals surface area contributed by atoms with Crippen molar-refractivity contribution in [3.05, 3.63) is 57.5 Å². The van der Waals surface area contributed by atoms with Crippen molar-refractivity contribution in [1.82, 2.24) is 0 Å². The van der Waals surface area contributed by atoms with Crippen molar-refractivity contribution in [1.29, 1.82) is 0 Å². The van der Waals surface area contributed by atoms with Crippen LogP contribution in [0.25, 0.3) is 0 Å². The Kier molecular flexibility index (Phi) is 6.83. The molecule has 2 unspecified atom stereocenters. The van der Waals surface area contributed by atoms with E-state index in [0.29, 0.717) is 29.5 Å². The summed E-state index contributed by atoms with van der Waals surface area (Å²) >= 11 is 0.